The van der Waals surface area contributed by atoms with Gasteiger partial charge >= 0.3 is 0 Å². The van der Waals surface area contributed by atoms with Gasteiger partial charge < -0.3 is 10.1 Å². The van der Waals surface area contributed by atoms with E-state index in [1.165, 1.54) is 12.0 Å². The van der Waals surface area contributed by atoms with Crippen LogP contribution in [0.4, 0.5) is 0 Å². The Hall–Kier alpha value is -0.860. The van der Waals surface area contributed by atoms with Crippen LogP contribution in [-0.2, 0) is 10.3 Å². The molecule has 1 aliphatic rings. The van der Waals surface area contributed by atoms with Crippen LogP contribution in [0.25, 0.3) is 0 Å². The molecule has 1 fully saturated rings. The molecule has 0 aliphatic carbocycles. The van der Waals surface area contributed by atoms with E-state index in [0.717, 1.165) is 19.5 Å². The molecule has 0 radical (unpaired) electrons. The molecule has 1 N–H and O–H groups in total. The predicted molar refractivity (Wildman–Crippen MR) is 66.4 cm³/mol. The Labute approximate surface area is 98.0 Å². The zero-order chi connectivity index (χ0) is 11.4. The molecule has 1 saturated heterocycles. The maximum absolute atomic E-state index is 6.24. The van der Waals surface area contributed by atoms with E-state index in [2.05, 4.69) is 43.4 Å². The maximum atomic E-state index is 6.24. The van der Waals surface area contributed by atoms with Crippen LogP contribution >= 0.6 is 0 Å². The summed E-state index contributed by atoms with van der Waals surface area (Å²) in [7, 11) is 0. The highest BCUT2D eigenvalue weighted by molar-refractivity contribution is 5.23. The highest BCUT2D eigenvalue weighted by atomic mass is 16.5. The van der Waals surface area contributed by atoms with Gasteiger partial charge in [0, 0.05) is 13.1 Å². The minimum absolute atomic E-state index is 0.167. The third-order valence-electron chi connectivity index (χ3n) is 3.26. The minimum atomic E-state index is -0.167. The van der Waals surface area contributed by atoms with Gasteiger partial charge in [-0.25, -0.2) is 0 Å². The Bertz CT molecular complexity index is 323. The molecule has 1 heterocycles. The number of hydrogen-bond donors (Lipinski definition) is 1. The van der Waals surface area contributed by atoms with Crippen molar-refractivity contribution in [1.82, 2.24) is 5.32 Å². The van der Waals surface area contributed by atoms with Crippen LogP contribution in [0.2, 0.25) is 0 Å². The highest BCUT2D eigenvalue weighted by Gasteiger charge is 2.33. The van der Waals surface area contributed by atoms with E-state index in [-0.39, 0.29) is 5.60 Å². The lowest BCUT2D eigenvalue weighted by molar-refractivity contribution is -0.113. The number of benzene rings is 1. The second kappa shape index (κ2) is 4.98. The lowest BCUT2D eigenvalue weighted by atomic mass is 9.93. The van der Waals surface area contributed by atoms with Crippen molar-refractivity contribution in [2.75, 3.05) is 13.1 Å². The number of rotatable bonds is 3. The topological polar surface area (TPSA) is 21.3 Å². The number of morpholine rings is 1. The van der Waals surface area contributed by atoms with Crippen molar-refractivity contribution in [2.24, 2.45) is 0 Å². The summed E-state index contributed by atoms with van der Waals surface area (Å²) in [5.74, 6) is 0. The van der Waals surface area contributed by atoms with Gasteiger partial charge in [-0.3, -0.25) is 0 Å². The number of nitrogens with one attached hydrogen (secondary N) is 1. The summed E-state index contributed by atoms with van der Waals surface area (Å²) < 4.78 is 6.24. The molecular weight excluding hydrogens is 198 g/mol. The molecule has 1 aromatic carbocycles. The van der Waals surface area contributed by atoms with Crippen LogP contribution in [-0.4, -0.2) is 19.2 Å². The van der Waals surface area contributed by atoms with Crippen molar-refractivity contribution >= 4 is 0 Å². The zero-order valence-corrected chi connectivity index (χ0v) is 10.2. The lowest BCUT2D eigenvalue weighted by Crippen LogP contribution is -2.50. The highest BCUT2D eigenvalue weighted by Crippen LogP contribution is 2.29. The van der Waals surface area contributed by atoms with E-state index in [1.807, 2.05) is 6.07 Å². The standard InChI is InChI=1S/C14H21NO/c1-3-7-13-10-15-11-14(2,16-13)12-8-5-4-6-9-12/h4-6,8-9,13,15H,3,7,10-11H2,1-2H3. The van der Waals surface area contributed by atoms with Gasteiger partial charge in [-0.05, 0) is 18.9 Å². The first-order valence-corrected chi connectivity index (χ1v) is 6.18. The van der Waals surface area contributed by atoms with Gasteiger partial charge in [-0.1, -0.05) is 43.7 Å². The molecule has 0 bridgehead atoms. The normalized spacial score (nSPS) is 30.2. The monoisotopic (exact) mass is 219 g/mol. The first-order valence-electron chi connectivity index (χ1n) is 6.18. The Morgan fingerprint density at radius 2 is 2.12 bits per heavy atom. The fourth-order valence-electron chi connectivity index (χ4n) is 2.37. The van der Waals surface area contributed by atoms with Gasteiger partial charge in [0.25, 0.3) is 0 Å². The quantitative estimate of drug-likeness (QED) is 0.844. The summed E-state index contributed by atoms with van der Waals surface area (Å²) in [6.45, 7) is 6.27. The first-order chi connectivity index (χ1) is 7.74. The summed E-state index contributed by atoms with van der Waals surface area (Å²) in [6, 6.07) is 10.5. The molecule has 88 valence electrons. The van der Waals surface area contributed by atoms with E-state index in [4.69, 9.17) is 4.74 Å². The third kappa shape index (κ3) is 2.45. The second-order valence-corrected chi connectivity index (χ2v) is 4.76. The fourth-order valence-corrected chi connectivity index (χ4v) is 2.37. The van der Waals surface area contributed by atoms with Crippen LogP contribution in [0, 0.1) is 0 Å². The van der Waals surface area contributed by atoms with Gasteiger partial charge in [-0.15, -0.1) is 0 Å². The van der Waals surface area contributed by atoms with Gasteiger partial charge in [0.2, 0.25) is 0 Å². The van der Waals surface area contributed by atoms with E-state index >= 15 is 0 Å². The van der Waals surface area contributed by atoms with Crippen LogP contribution < -0.4 is 5.32 Å². The molecule has 0 saturated carbocycles. The van der Waals surface area contributed by atoms with E-state index in [1.54, 1.807) is 0 Å². The molecule has 2 heteroatoms. The summed E-state index contributed by atoms with van der Waals surface area (Å²) >= 11 is 0. The molecule has 2 rings (SSSR count). The van der Waals surface area contributed by atoms with E-state index in [9.17, 15) is 0 Å². The van der Waals surface area contributed by atoms with Crippen LogP contribution in [0.15, 0.2) is 30.3 Å². The summed E-state index contributed by atoms with van der Waals surface area (Å²) in [5.41, 5.74) is 1.10. The van der Waals surface area contributed by atoms with Gasteiger partial charge in [-0.2, -0.15) is 0 Å². The van der Waals surface area contributed by atoms with E-state index in [0.29, 0.717) is 6.10 Å². The van der Waals surface area contributed by atoms with Crippen molar-refractivity contribution in [3.8, 4) is 0 Å². The molecule has 2 unspecified atom stereocenters. The molecule has 16 heavy (non-hydrogen) atoms. The molecular formula is C14H21NO. The Morgan fingerprint density at radius 1 is 1.38 bits per heavy atom. The Kier molecular flexibility index (Phi) is 3.62. The summed E-state index contributed by atoms with van der Waals surface area (Å²) in [4.78, 5) is 0. The Balaban J connectivity index is 2.12. The fraction of sp³-hybridized carbons (Fsp3) is 0.571. The smallest absolute Gasteiger partial charge is 0.103 e. The van der Waals surface area contributed by atoms with Gasteiger partial charge in [0.1, 0.15) is 5.60 Å². The molecule has 2 nitrogen and oxygen atoms in total. The van der Waals surface area contributed by atoms with Gasteiger partial charge in [0.15, 0.2) is 0 Å². The predicted octanol–water partition coefficient (Wildman–Crippen LogP) is 2.69. The van der Waals surface area contributed by atoms with Gasteiger partial charge in [0.05, 0.1) is 6.10 Å². The molecule has 0 spiro atoms. The lowest BCUT2D eigenvalue weighted by Gasteiger charge is -2.39. The molecule has 1 aliphatic heterocycles. The Morgan fingerprint density at radius 3 is 2.81 bits per heavy atom. The largest absolute Gasteiger partial charge is 0.365 e. The maximum Gasteiger partial charge on any atom is 0.103 e. The van der Waals surface area contributed by atoms with Crippen molar-refractivity contribution in [2.45, 2.75) is 38.4 Å². The minimum Gasteiger partial charge on any atom is -0.365 e. The average Bonchev–Trinajstić information content (AvgIpc) is 2.31. The molecule has 1 aromatic rings. The molecule has 0 amide bonds. The molecule has 2 atom stereocenters. The number of ether oxygens (including phenoxy) is 1. The van der Waals surface area contributed by atoms with Crippen LogP contribution in [0.5, 0.6) is 0 Å². The summed E-state index contributed by atoms with van der Waals surface area (Å²) in [5, 5.41) is 3.48. The average molecular weight is 219 g/mol. The summed E-state index contributed by atoms with van der Waals surface area (Å²) in [6.07, 6.45) is 2.66. The third-order valence-corrected chi connectivity index (χ3v) is 3.26. The van der Waals surface area contributed by atoms with Crippen molar-refractivity contribution < 1.29 is 4.74 Å². The first kappa shape index (κ1) is 11.6. The van der Waals surface area contributed by atoms with Crippen molar-refractivity contribution in [3.63, 3.8) is 0 Å². The second-order valence-electron chi connectivity index (χ2n) is 4.76. The number of hydrogen-bond acceptors (Lipinski definition) is 2. The van der Waals surface area contributed by atoms with Crippen LogP contribution in [0.1, 0.15) is 32.3 Å². The zero-order valence-electron chi connectivity index (χ0n) is 10.2. The van der Waals surface area contributed by atoms with Crippen LogP contribution in [0.3, 0.4) is 0 Å². The SMILES string of the molecule is CCCC1CNCC(C)(c2ccccc2)O1. The molecule has 0 aromatic heterocycles. The van der Waals surface area contributed by atoms with Crippen molar-refractivity contribution in [3.05, 3.63) is 35.9 Å². The van der Waals surface area contributed by atoms with E-state index < -0.39 is 0 Å². The van der Waals surface area contributed by atoms with Crippen molar-refractivity contribution in [1.29, 1.82) is 0 Å².